The van der Waals surface area contributed by atoms with Gasteiger partial charge in [-0.25, -0.2) is 4.98 Å². The number of hydrogen-bond acceptors (Lipinski definition) is 3. The highest BCUT2D eigenvalue weighted by Gasteiger charge is 2.12. The van der Waals surface area contributed by atoms with E-state index in [1.54, 1.807) is 12.1 Å². The van der Waals surface area contributed by atoms with Crippen LogP contribution in [0.1, 0.15) is 11.1 Å². The summed E-state index contributed by atoms with van der Waals surface area (Å²) in [5, 5.41) is 0.550. The van der Waals surface area contributed by atoms with Crippen LogP contribution in [0.5, 0.6) is 11.6 Å². The first-order valence-corrected chi connectivity index (χ1v) is 5.92. The van der Waals surface area contributed by atoms with Crippen molar-refractivity contribution < 1.29 is 4.74 Å². The fraction of sp³-hybridized carbons (Fsp3) is 0.167. The zero-order chi connectivity index (χ0) is 13.3. The van der Waals surface area contributed by atoms with Gasteiger partial charge >= 0.3 is 0 Å². The zero-order valence-electron chi connectivity index (χ0n) is 9.75. The van der Waals surface area contributed by atoms with Crippen molar-refractivity contribution in [2.24, 2.45) is 0 Å². The SMILES string of the molecule is Cc1cc(Cl)cc(C)c1Oc1nc[nH]c(=O)c1Cl. The summed E-state index contributed by atoms with van der Waals surface area (Å²) in [6, 6.07) is 3.54. The van der Waals surface area contributed by atoms with Gasteiger partial charge in [0, 0.05) is 5.02 Å². The predicted molar refractivity (Wildman–Crippen MR) is 70.9 cm³/mol. The van der Waals surface area contributed by atoms with E-state index in [-0.39, 0.29) is 10.9 Å². The van der Waals surface area contributed by atoms with Crippen molar-refractivity contribution in [3.63, 3.8) is 0 Å². The van der Waals surface area contributed by atoms with E-state index in [9.17, 15) is 4.79 Å². The molecule has 94 valence electrons. The van der Waals surface area contributed by atoms with E-state index in [0.29, 0.717) is 10.8 Å². The Bertz CT molecular complexity index is 630. The molecule has 0 atom stereocenters. The van der Waals surface area contributed by atoms with Crippen LogP contribution in [-0.4, -0.2) is 9.97 Å². The second-order valence-electron chi connectivity index (χ2n) is 3.82. The first-order valence-electron chi connectivity index (χ1n) is 5.17. The van der Waals surface area contributed by atoms with E-state index < -0.39 is 5.56 Å². The molecule has 0 fully saturated rings. The Kier molecular flexibility index (Phi) is 3.59. The van der Waals surface area contributed by atoms with Crippen molar-refractivity contribution in [2.45, 2.75) is 13.8 Å². The fourth-order valence-corrected chi connectivity index (χ4v) is 2.06. The Balaban J connectivity index is 2.47. The molecule has 0 radical (unpaired) electrons. The van der Waals surface area contributed by atoms with Gasteiger partial charge < -0.3 is 9.72 Å². The maximum absolute atomic E-state index is 11.3. The lowest BCUT2D eigenvalue weighted by Crippen LogP contribution is -2.08. The number of benzene rings is 1. The molecule has 0 spiro atoms. The number of H-pyrrole nitrogens is 1. The molecule has 1 aromatic carbocycles. The van der Waals surface area contributed by atoms with Gasteiger partial charge in [0.1, 0.15) is 5.75 Å². The summed E-state index contributed by atoms with van der Waals surface area (Å²) < 4.78 is 5.58. The monoisotopic (exact) mass is 284 g/mol. The van der Waals surface area contributed by atoms with E-state index in [0.717, 1.165) is 11.1 Å². The summed E-state index contributed by atoms with van der Waals surface area (Å²) in [7, 11) is 0. The number of nitrogens with one attached hydrogen (secondary N) is 1. The molecule has 0 saturated heterocycles. The number of rotatable bonds is 2. The van der Waals surface area contributed by atoms with Crippen LogP contribution in [0.3, 0.4) is 0 Å². The topological polar surface area (TPSA) is 55.0 Å². The fourth-order valence-electron chi connectivity index (χ4n) is 1.59. The van der Waals surface area contributed by atoms with Gasteiger partial charge in [0.2, 0.25) is 5.88 Å². The quantitative estimate of drug-likeness (QED) is 0.919. The van der Waals surface area contributed by atoms with Crippen molar-refractivity contribution in [2.75, 3.05) is 0 Å². The smallest absolute Gasteiger partial charge is 0.273 e. The Labute approximate surface area is 114 Å². The van der Waals surface area contributed by atoms with E-state index in [2.05, 4.69) is 9.97 Å². The Morgan fingerprint density at radius 1 is 1.22 bits per heavy atom. The molecule has 0 unspecified atom stereocenters. The highest BCUT2D eigenvalue weighted by molar-refractivity contribution is 6.31. The Morgan fingerprint density at radius 3 is 2.44 bits per heavy atom. The normalized spacial score (nSPS) is 10.4. The highest BCUT2D eigenvalue weighted by atomic mass is 35.5. The van der Waals surface area contributed by atoms with E-state index in [4.69, 9.17) is 27.9 Å². The average molecular weight is 285 g/mol. The molecule has 4 nitrogen and oxygen atoms in total. The molecule has 2 aromatic rings. The van der Waals surface area contributed by atoms with Crippen molar-refractivity contribution in [3.05, 3.63) is 50.0 Å². The van der Waals surface area contributed by atoms with Crippen molar-refractivity contribution in [1.82, 2.24) is 9.97 Å². The molecule has 0 aliphatic heterocycles. The molecule has 0 amide bonds. The van der Waals surface area contributed by atoms with Crippen LogP contribution in [0.4, 0.5) is 0 Å². The number of nitrogens with zero attached hydrogens (tertiary/aromatic N) is 1. The van der Waals surface area contributed by atoms with Gasteiger partial charge in [-0.15, -0.1) is 0 Å². The van der Waals surface area contributed by atoms with Crippen molar-refractivity contribution in [1.29, 1.82) is 0 Å². The second-order valence-corrected chi connectivity index (χ2v) is 4.64. The number of aryl methyl sites for hydroxylation is 2. The largest absolute Gasteiger partial charge is 0.437 e. The maximum Gasteiger partial charge on any atom is 0.273 e. The molecule has 2 rings (SSSR count). The molecule has 0 aliphatic rings. The van der Waals surface area contributed by atoms with Crippen LogP contribution >= 0.6 is 23.2 Å². The molecule has 0 aliphatic carbocycles. The highest BCUT2D eigenvalue weighted by Crippen LogP contribution is 2.32. The number of hydrogen-bond donors (Lipinski definition) is 1. The van der Waals surface area contributed by atoms with Gasteiger partial charge in [0.05, 0.1) is 6.33 Å². The number of ether oxygens (including phenoxy) is 1. The predicted octanol–water partition coefficient (Wildman–Crippen LogP) is 3.49. The third kappa shape index (κ3) is 2.49. The number of halogens is 2. The minimum atomic E-state index is -0.439. The summed E-state index contributed by atoms with van der Waals surface area (Å²) >= 11 is 11.8. The zero-order valence-corrected chi connectivity index (χ0v) is 11.3. The molecule has 0 saturated carbocycles. The van der Waals surface area contributed by atoms with Gasteiger partial charge in [-0.05, 0) is 37.1 Å². The molecule has 1 N–H and O–H groups in total. The lowest BCUT2D eigenvalue weighted by atomic mass is 10.1. The van der Waals surface area contributed by atoms with Gasteiger partial charge in [0.15, 0.2) is 5.02 Å². The standard InChI is InChI=1S/C12H10Cl2N2O2/c1-6-3-8(13)4-7(2)10(6)18-12-9(14)11(17)15-5-16-12/h3-5H,1-2H3,(H,15,16,17). The first kappa shape index (κ1) is 12.9. The Hall–Kier alpha value is -1.52. The lowest BCUT2D eigenvalue weighted by molar-refractivity contribution is 0.454. The number of aromatic amines is 1. The average Bonchev–Trinajstić information content (AvgIpc) is 2.28. The summed E-state index contributed by atoms with van der Waals surface area (Å²) in [6.45, 7) is 3.71. The first-order chi connectivity index (χ1) is 8.49. The van der Waals surface area contributed by atoms with Gasteiger partial charge in [-0.3, -0.25) is 4.79 Å². The van der Waals surface area contributed by atoms with Gasteiger partial charge in [-0.2, -0.15) is 0 Å². The third-order valence-electron chi connectivity index (χ3n) is 2.39. The summed E-state index contributed by atoms with van der Waals surface area (Å²) in [5.74, 6) is 0.674. The van der Waals surface area contributed by atoms with Crippen molar-refractivity contribution in [3.8, 4) is 11.6 Å². The molecular weight excluding hydrogens is 275 g/mol. The van der Waals surface area contributed by atoms with Crippen molar-refractivity contribution >= 4 is 23.2 Å². The van der Waals surface area contributed by atoms with E-state index >= 15 is 0 Å². The molecule has 0 bridgehead atoms. The maximum atomic E-state index is 11.3. The molecule has 1 aromatic heterocycles. The van der Waals surface area contributed by atoms with Crippen LogP contribution in [0.15, 0.2) is 23.3 Å². The summed E-state index contributed by atoms with van der Waals surface area (Å²) in [5.41, 5.74) is 1.25. The number of aromatic nitrogens is 2. The Morgan fingerprint density at radius 2 is 1.83 bits per heavy atom. The molecule has 1 heterocycles. The lowest BCUT2D eigenvalue weighted by Gasteiger charge is -2.11. The van der Waals surface area contributed by atoms with Gasteiger partial charge in [0.25, 0.3) is 5.56 Å². The van der Waals surface area contributed by atoms with E-state index in [1.807, 2.05) is 13.8 Å². The van der Waals surface area contributed by atoms with Crippen LogP contribution in [0, 0.1) is 13.8 Å². The van der Waals surface area contributed by atoms with Crippen LogP contribution in [0.2, 0.25) is 10.0 Å². The van der Waals surface area contributed by atoms with E-state index in [1.165, 1.54) is 6.33 Å². The van der Waals surface area contributed by atoms with Crippen LogP contribution in [0.25, 0.3) is 0 Å². The summed E-state index contributed by atoms with van der Waals surface area (Å²) in [4.78, 5) is 17.6. The summed E-state index contributed by atoms with van der Waals surface area (Å²) in [6.07, 6.45) is 1.24. The minimum absolute atomic E-state index is 0.0775. The second kappa shape index (κ2) is 5.00. The van der Waals surface area contributed by atoms with Gasteiger partial charge in [-0.1, -0.05) is 23.2 Å². The molecule has 6 heteroatoms. The van der Waals surface area contributed by atoms with Crippen LogP contribution < -0.4 is 10.3 Å². The third-order valence-corrected chi connectivity index (χ3v) is 2.94. The van der Waals surface area contributed by atoms with Crippen LogP contribution in [-0.2, 0) is 0 Å². The molecule has 18 heavy (non-hydrogen) atoms. The minimum Gasteiger partial charge on any atom is -0.437 e. The molecular formula is C12H10Cl2N2O2.